The van der Waals surface area contributed by atoms with Gasteiger partial charge in [-0.2, -0.15) is 0 Å². The number of rotatable bonds is 13. The summed E-state index contributed by atoms with van der Waals surface area (Å²) >= 11 is 0. The van der Waals surface area contributed by atoms with E-state index in [1.807, 2.05) is 18.2 Å². The van der Waals surface area contributed by atoms with Crippen LogP contribution in [0.2, 0.25) is 0 Å². The van der Waals surface area contributed by atoms with Crippen LogP contribution >= 0.6 is 7.82 Å². The molecular formula is C17H29O4P. The van der Waals surface area contributed by atoms with Crippen molar-refractivity contribution in [2.75, 3.05) is 19.8 Å². The van der Waals surface area contributed by atoms with Crippen LogP contribution in [-0.2, 0) is 24.6 Å². The molecule has 1 aromatic carbocycles. The molecule has 5 heteroatoms. The van der Waals surface area contributed by atoms with Gasteiger partial charge in [0.25, 0.3) is 0 Å². The Morgan fingerprint density at radius 3 is 1.82 bits per heavy atom. The standard InChI is InChI=1S/C17H29O4P/c1-3-5-14-19-22(18,20-15-6-4-2)21-16-10-13-17-11-8-7-9-12-17/h7-9,11-12H,3-6,10,13-16H2,1-2H3. The van der Waals surface area contributed by atoms with Crippen LogP contribution in [0.1, 0.15) is 51.5 Å². The minimum Gasteiger partial charge on any atom is -0.287 e. The molecule has 1 rings (SSSR count). The summed E-state index contributed by atoms with van der Waals surface area (Å²) in [6.07, 6.45) is 5.38. The molecule has 0 aliphatic carbocycles. The molecule has 22 heavy (non-hydrogen) atoms. The van der Waals surface area contributed by atoms with Gasteiger partial charge >= 0.3 is 7.82 Å². The lowest BCUT2D eigenvalue weighted by Gasteiger charge is -2.18. The number of phosphoric ester groups is 1. The van der Waals surface area contributed by atoms with Gasteiger partial charge in [-0.3, -0.25) is 13.6 Å². The fourth-order valence-corrected chi connectivity index (χ4v) is 3.13. The SMILES string of the molecule is CCCCOP(=O)(OCCCC)OCCCc1ccccc1. The van der Waals surface area contributed by atoms with E-state index in [9.17, 15) is 4.57 Å². The van der Waals surface area contributed by atoms with E-state index in [4.69, 9.17) is 13.6 Å². The lowest BCUT2D eigenvalue weighted by atomic mass is 10.1. The molecule has 0 N–H and O–H groups in total. The zero-order valence-electron chi connectivity index (χ0n) is 13.8. The molecule has 1 aromatic rings. The summed E-state index contributed by atoms with van der Waals surface area (Å²) in [5.74, 6) is 0. The number of phosphoric acid groups is 1. The van der Waals surface area contributed by atoms with Crippen LogP contribution in [0.25, 0.3) is 0 Å². The van der Waals surface area contributed by atoms with Crippen molar-refractivity contribution < 1.29 is 18.1 Å². The zero-order chi connectivity index (χ0) is 16.1. The van der Waals surface area contributed by atoms with E-state index < -0.39 is 7.82 Å². The molecule has 4 nitrogen and oxygen atoms in total. The fraction of sp³-hybridized carbons (Fsp3) is 0.647. The Morgan fingerprint density at radius 2 is 1.32 bits per heavy atom. The van der Waals surface area contributed by atoms with E-state index in [1.165, 1.54) is 5.56 Å². The molecule has 0 saturated carbocycles. The van der Waals surface area contributed by atoms with E-state index in [-0.39, 0.29) is 0 Å². The van der Waals surface area contributed by atoms with E-state index in [1.54, 1.807) is 0 Å². The third-order valence-electron chi connectivity index (χ3n) is 3.20. The maximum absolute atomic E-state index is 12.5. The van der Waals surface area contributed by atoms with Gasteiger partial charge in [0, 0.05) is 0 Å². The largest absolute Gasteiger partial charge is 0.474 e. The first-order chi connectivity index (χ1) is 10.7. The third-order valence-corrected chi connectivity index (χ3v) is 4.69. The second-order valence-electron chi connectivity index (χ2n) is 5.24. The number of hydrogen-bond donors (Lipinski definition) is 0. The van der Waals surface area contributed by atoms with Crippen molar-refractivity contribution in [3.8, 4) is 0 Å². The van der Waals surface area contributed by atoms with Crippen molar-refractivity contribution in [1.82, 2.24) is 0 Å². The first-order valence-corrected chi connectivity index (χ1v) is 9.74. The van der Waals surface area contributed by atoms with Crippen molar-refractivity contribution in [3.05, 3.63) is 35.9 Å². The Labute approximate surface area is 134 Å². The van der Waals surface area contributed by atoms with Crippen LogP contribution < -0.4 is 0 Å². The van der Waals surface area contributed by atoms with Gasteiger partial charge in [-0.1, -0.05) is 57.0 Å². The monoisotopic (exact) mass is 328 g/mol. The molecule has 0 heterocycles. The van der Waals surface area contributed by atoms with Crippen molar-refractivity contribution >= 4 is 7.82 Å². The molecule has 0 spiro atoms. The Kier molecular flexibility index (Phi) is 10.4. The summed E-state index contributed by atoms with van der Waals surface area (Å²) in [6, 6.07) is 10.2. The van der Waals surface area contributed by atoms with Crippen molar-refractivity contribution in [3.63, 3.8) is 0 Å². The molecule has 0 amide bonds. The average Bonchev–Trinajstić information content (AvgIpc) is 2.53. The Balaban J connectivity index is 2.33. The summed E-state index contributed by atoms with van der Waals surface area (Å²) in [5.41, 5.74) is 1.25. The second kappa shape index (κ2) is 11.8. The summed E-state index contributed by atoms with van der Waals surface area (Å²) < 4.78 is 28.7. The molecule has 126 valence electrons. The molecular weight excluding hydrogens is 299 g/mol. The van der Waals surface area contributed by atoms with Crippen molar-refractivity contribution in [1.29, 1.82) is 0 Å². The van der Waals surface area contributed by atoms with Crippen molar-refractivity contribution in [2.24, 2.45) is 0 Å². The maximum Gasteiger partial charge on any atom is 0.474 e. The highest BCUT2D eigenvalue weighted by molar-refractivity contribution is 7.48. The van der Waals surface area contributed by atoms with E-state index in [0.717, 1.165) is 38.5 Å². The quantitative estimate of drug-likeness (QED) is 0.360. The molecule has 0 atom stereocenters. The first-order valence-electron chi connectivity index (χ1n) is 8.27. The highest BCUT2D eigenvalue weighted by atomic mass is 31.2. The predicted octanol–water partition coefficient (Wildman–Crippen LogP) is 5.38. The average molecular weight is 328 g/mol. The number of hydrogen-bond acceptors (Lipinski definition) is 4. The smallest absolute Gasteiger partial charge is 0.287 e. The molecule has 0 saturated heterocycles. The maximum atomic E-state index is 12.5. The molecule has 0 aromatic heterocycles. The second-order valence-corrected chi connectivity index (χ2v) is 6.91. The van der Waals surface area contributed by atoms with Crippen LogP contribution in [0, 0.1) is 0 Å². The van der Waals surface area contributed by atoms with Gasteiger partial charge in [-0.15, -0.1) is 0 Å². The summed E-state index contributed by atoms with van der Waals surface area (Å²) in [5, 5.41) is 0. The predicted molar refractivity (Wildman–Crippen MR) is 90.0 cm³/mol. The van der Waals surface area contributed by atoms with Gasteiger partial charge in [0.2, 0.25) is 0 Å². The van der Waals surface area contributed by atoms with Gasteiger partial charge in [-0.25, -0.2) is 4.57 Å². The van der Waals surface area contributed by atoms with Gasteiger partial charge in [0.1, 0.15) is 0 Å². The Morgan fingerprint density at radius 1 is 0.818 bits per heavy atom. The van der Waals surface area contributed by atoms with Crippen LogP contribution in [0.3, 0.4) is 0 Å². The van der Waals surface area contributed by atoms with Crippen molar-refractivity contribution in [2.45, 2.75) is 52.4 Å². The lowest BCUT2D eigenvalue weighted by Crippen LogP contribution is -2.04. The number of unbranched alkanes of at least 4 members (excludes halogenated alkanes) is 2. The van der Waals surface area contributed by atoms with Gasteiger partial charge in [0.05, 0.1) is 19.8 Å². The Bertz CT molecular complexity index is 408. The normalized spacial score (nSPS) is 11.7. The number of aryl methyl sites for hydroxylation is 1. The summed E-state index contributed by atoms with van der Waals surface area (Å²) in [4.78, 5) is 0. The van der Waals surface area contributed by atoms with E-state index in [0.29, 0.717) is 19.8 Å². The zero-order valence-corrected chi connectivity index (χ0v) is 14.7. The Hall–Kier alpha value is -0.670. The molecule has 0 aliphatic rings. The van der Waals surface area contributed by atoms with Crippen LogP contribution in [0.4, 0.5) is 0 Å². The van der Waals surface area contributed by atoms with Gasteiger partial charge in [0.15, 0.2) is 0 Å². The molecule has 0 radical (unpaired) electrons. The van der Waals surface area contributed by atoms with Gasteiger partial charge in [-0.05, 0) is 31.2 Å². The van der Waals surface area contributed by atoms with E-state index >= 15 is 0 Å². The van der Waals surface area contributed by atoms with Crippen LogP contribution in [-0.4, -0.2) is 19.8 Å². The number of benzene rings is 1. The summed E-state index contributed by atoms with van der Waals surface area (Å²) in [6.45, 7) is 5.33. The summed E-state index contributed by atoms with van der Waals surface area (Å²) in [7, 11) is -3.40. The third kappa shape index (κ3) is 8.70. The minimum absolute atomic E-state index is 0.379. The highest BCUT2D eigenvalue weighted by Gasteiger charge is 2.25. The van der Waals surface area contributed by atoms with E-state index in [2.05, 4.69) is 26.0 Å². The highest BCUT2D eigenvalue weighted by Crippen LogP contribution is 2.49. The molecule has 0 fully saturated rings. The molecule has 0 unspecified atom stereocenters. The van der Waals surface area contributed by atoms with Crippen LogP contribution in [0.5, 0.6) is 0 Å². The molecule has 0 aliphatic heterocycles. The van der Waals surface area contributed by atoms with Crippen LogP contribution in [0.15, 0.2) is 30.3 Å². The minimum atomic E-state index is -3.40. The van der Waals surface area contributed by atoms with Gasteiger partial charge < -0.3 is 0 Å². The molecule has 0 bridgehead atoms. The first kappa shape index (κ1) is 19.4. The topological polar surface area (TPSA) is 44.8 Å². The lowest BCUT2D eigenvalue weighted by molar-refractivity contribution is 0.110. The fourth-order valence-electron chi connectivity index (χ4n) is 1.85.